The fourth-order valence-electron chi connectivity index (χ4n) is 1.25. The standard InChI is InChI=1S/C8H17N3O/c1-7(9)3-6-11-5-2-4-10-8(11)12/h7H,2-6,9H2,1H3,(H,10,12). The zero-order valence-electron chi connectivity index (χ0n) is 7.55. The van der Waals surface area contributed by atoms with E-state index in [4.69, 9.17) is 5.73 Å². The molecule has 12 heavy (non-hydrogen) atoms. The van der Waals surface area contributed by atoms with Crippen LogP contribution >= 0.6 is 0 Å². The first kappa shape index (κ1) is 9.32. The highest BCUT2D eigenvalue weighted by Crippen LogP contribution is 2.00. The summed E-state index contributed by atoms with van der Waals surface area (Å²) in [4.78, 5) is 13.0. The molecule has 0 aromatic heterocycles. The molecule has 1 heterocycles. The molecule has 4 heteroatoms. The topological polar surface area (TPSA) is 58.4 Å². The van der Waals surface area contributed by atoms with Crippen LogP contribution in [-0.4, -0.2) is 36.6 Å². The SMILES string of the molecule is CC(N)CCN1CCCNC1=O. The Morgan fingerprint density at radius 3 is 3.08 bits per heavy atom. The lowest BCUT2D eigenvalue weighted by Crippen LogP contribution is -2.47. The zero-order chi connectivity index (χ0) is 8.97. The Kier molecular flexibility index (Phi) is 3.34. The summed E-state index contributed by atoms with van der Waals surface area (Å²) in [5.41, 5.74) is 5.60. The lowest BCUT2D eigenvalue weighted by molar-refractivity contribution is 0.184. The average molecular weight is 171 g/mol. The van der Waals surface area contributed by atoms with Gasteiger partial charge in [0.1, 0.15) is 0 Å². The second-order valence-electron chi connectivity index (χ2n) is 3.34. The number of amides is 2. The van der Waals surface area contributed by atoms with Crippen LogP contribution in [0.25, 0.3) is 0 Å². The monoisotopic (exact) mass is 171 g/mol. The molecule has 1 rings (SSSR count). The molecule has 1 saturated heterocycles. The summed E-state index contributed by atoms with van der Waals surface area (Å²) in [5, 5.41) is 2.80. The number of urea groups is 1. The first-order valence-electron chi connectivity index (χ1n) is 4.48. The predicted molar refractivity (Wildman–Crippen MR) is 47.9 cm³/mol. The summed E-state index contributed by atoms with van der Waals surface area (Å²) >= 11 is 0. The van der Waals surface area contributed by atoms with E-state index >= 15 is 0 Å². The van der Waals surface area contributed by atoms with Crippen molar-refractivity contribution in [1.82, 2.24) is 10.2 Å². The van der Waals surface area contributed by atoms with Crippen LogP contribution in [0.15, 0.2) is 0 Å². The average Bonchev–Trinajstić information content (AvgIpc) is 2.03. The van der Waals surface area contributed by atoms with Gasteiger partial charge in [0.05, 0.1) is 0 Å². The van der Waals surface area contributed by atoms with Crippen LogP contribution in [0.2, 0.25) is 0 Å². The minimum Gasteiger partial charge on any atom is -0.338 e. The van der Waals surface area contributed by atoms with Gasteiger partial charge in [-0.2, -0.15) is 0 Å². The summed E-state index contributed by atoms with van der Waals surface area (Å²) in [6.07, 6.45) is 1.93. The van der Waals surface area contributed by atoms with E-state index in [1.165, 1.54) is 0 Å². The van der Waals surface area contributed by atoms with Crippen LogP contribution < -0.4 is 11.1 Å². The van der Waals surface area contributed by atoms with Crippen LogP contribution in [0.5, 0.6) is 0 Å². The maximum atomic E-state index is 11.2. The summed E-state index contributed by atoms with van der Waals surface area (Å²) < 4.78 is 0. The summed E-state index contributed by atoms with van der Waals surface area (Å²) in [7, 11) is 0. The number of hydrogen-bond donors (Lipinski definition) is 2. The van der Waals surface area contributed by atoms with Gasteiger partial charge in [-0.3, -0.25) is 0 Å². The van der Waals surface area contributed by atoms with Gasteiger partial charge in [-0.1, -0.05) is 0 Å². The Balaban J connectivity index is 2.25. The van der Waals surface area contributed by atoms with Crippen molar-refractivity contribution in [3.63, 3.8) is 0 Å². The van der Waals surface area contributed by atoms with E-state index in [9.17, 15) is 4.79 Å². The molecule has 1 atom stereocenters. The van der Waals surface area contributed by atoms with Gasteiger partial charge in [0.2, 0.25) is 0 Å². The highest BCUT2D eigenvalue weighted by atomic mass is 16.2. The molecule has 0 spiro atoms. The van der Waals surface area contributed by atoms with E-state index < -0.39 is 0 Å². The number of carbonyl (C=O) groups is 1. The molecule has 4 nitrogen and oxygen atoms in total. The number of nitrogens with one attached hydrogen (secondary N) is 1. The number of nitrogens with two attached hydrogens (primary N) is 1. The lowest BCUT2D eigenvalue weighted by atomic mass is 10.2. The third-order valence-corrected chi connectivity index (χ3v) is 2.02. The molecular formula is C8H17N3O. The fraction of sp³-hybridized carbons (Fsp3) is 0.875. The molecule has 70 valence electrons. The third kappa shape index (κ3) is 2.70. The third-order valence-electron chi connectivity index (χ3n) is 2.02. The molecule has 0 aromatic carbocycles. The second kappa shape index (κ2) is 4.30. The molecule has 1 aliphatic rings. The number of rotatable bonds is 3. The van der Waals surface area contributed by atoms with Gasteiger partial charge in [0.15, 0.2) is 0 Å². The molecule has 1 fully saturated rings. The van der Waals surface area contributed by atoms with E-state index in [1.807, 2.05) is 11.8 Å². The predicted octanol–water partition coefficient (Wildman–Crippen LogP) is 0.139. The van der Waals surface area contributed by atoms with Crippen molar-refractivity contribution >= 4 is 6.03 Å². The molecule has 0 radical (unpaired) electrons. The number of hydrogen-bond acceptors (Lipinski definition) is 2. The number of nitrogens with zero attached hydrogens (tertiary/aromatic N) is 1. The first-order valence-corrected chi connectivity index (χ1v) is 4.48. The quantitative estimate of drug-likeness (QED) is 0.634. The van der Waals surface area contributed by atoms with Gasteiger partial charge >= 0.3 is 6.03 Å². The number of carbonyl (C=O) groups excluding carboxylic acids is 1. The molecule has 3 N–H and O–H groups in total. The van der Waals surface area contributed by atoms with Crippen LogP contribution in [0.1, 0.15) is 19.8 Å². The fourth-order valence-corrected chi connectivity index (χ4v) is 1.25. The lowest BCUT2D eigenvalue weighted by Gasteiger charge is -2.27. The minimum absolute atomic E-state index is 0.0573. The van der Waals surface area contributed by atoms with Crippen LogP contribution in [0, 0.1) is 0 Å². The van der Waals surface area contributed by atoms with Crippen molar-refractivity contribution in [2.45, 2.75) is 25.8 Å². The normalized spacial score (nSPS) is 20.5. The van der Waals surface area contributed by atoms with Crippen molar-refractivity contribution in [2.24, 2.45) is 5.73 Å². The maximum absolute atomic E-state index is 11.2. The van der Waals surface area contributed by atoms with Gasteiger partial charge in [-0.05, 0) is 19.8 Å². The van der Waals surface area contributed by atoms with E-state index in [0.29, 0.717) is 0 Å². The molecule has 0 aliphatic carbocycles. The largest absolute Gasteiger partial charge is 0.338 e. The van der Waals surface area contributed by atoms with Crippen molar-refractivity contribution in [3.8, 4) is 0 Å². The van der Waals surface area contributed by atoms with E-state index in [2.05, 4.69) is 5.32 Å². The van der Waals surface area contributed by atoms with E-state index in [-0.39, 0.29) is 12.1 Å². The maximum Gasteiger partial charge on any atom is 0.317 e. The van der Waals surface area contributed by atoms with Crippen LogP contribution in [0.4, 0.5) is 4.79 Å². The Morgan fingerprint density at radius 2 is 2.50 bits per heavy atom. The highest BCUT2D eigenvalue weighted by Gasteiger charge is 2.16. The van der Waals surface area contributed by atoms with Crippen molar-refractivity contribution in [2.75, 3.05) is 19.6 Å². The summed E-state index contributed by atoms with van der Waals surface area (Å²) in [6, 6.07) is 0.238. The van der Waals surface area contributed by atoms with E-state index in [0.717, 1.165) is 32.5 Å². The smallest absolute Gasteiger partial charge is 0.317 e. The van der Waals surface area contributed by atoms with Crippen LogP contribution in [0.3, 0.4) is 0 Å². The molecule has 2 amide bonds. The molecule has 0 bridgehead atoms. The summed E-state index contributed by atoms with van der Waals surface area (Å²) in [5.74, 6) is 0. The van der Waals surface area contributed by atoms with Gasteiger partial charge in [0.25, 0.3) is 0 Å². The summed E-state index contributed by atoms with van der Waals surface area (Å²) in [6.45, 7) is 4.43. The van der Waals surface area contributed by atoms with Gasteiger partial charge in [-0.15, -0.1) is 0 Å². The van der Waals surface area contributed by atoms with Gasteiger partial charge in [0, 0.05) is 25.7 Å². The zero-order valence-corrected chi connectivity index (χ0v) is 7.55. The van der Waals surface area contributed by atoms with Crippen molar-refractivity contribution in [1.29, 1.82) is 0 Å². The molecule has 1 unspecified atom stereocenters. The van der Waals surface area contributed by atoms with Gasteiger partial charge in [-0.25, -0.2) is 4.79 Å². The molecule has 0 aromatic rings. The Labute approximate surface area is 73.1 Å². The highest BCUT2D eigenvalue weighted by molar-refractivity contribution is 5.74. The molecule has 0 saturated carbocycles. The Hall–Kier alpha value is -0.770. The van der Waals surface area contributed by atoms with Crippen LogP contribution in [-0.2, 0) is 0 Å². The van der Waals surface area contributed by atoms with E-state index in [1.54, 1.807) is 0 Å². The molecular weight excluding hydrogens is 154 g/mol. The molecule has 1 aliphatic heterocycles. The minimum atomic E-state index is 0.0573. The first-order chi connectivity index (χ1) is 5.70. The van der Waals surface area contributed by atoms with Crippen molar-refractivity contribution < 1.29 is 4.79 Å². The Morgan fingerprint density at radius 1 is 1.75 bits per heavy atom. The second-order valence-corrected chi connectivity index (χ2v) is 3.34. The van der Waals surface area contributed by atoms with Gasteiger partial charge < -0.3 is 16.0 Å². The van der Waals surface area contributed by atoms with Crippen molar-refractivity contribution in [3.05, 3.63) is 0 Å². The Bertz CT molecular complexity index is 158.